The molecule has 1 aliphatic carbocycles. The van der Waals surface area contributed by atoms with E-state index in [1.807, 2.05) is 0 Å². The van der Waals surface area contributed by atoms with E-state index in [2.05, 4.69) is 4.98 Å². The van der Waals surface area contributed by atoms with Crippen LogP contribution in [0.25, 0.3) is 0 Å². The lowest BCUT2D eigenvalue weighted by Gasteiger charge is -2.22. The first kappa shape index (κ1) is 14.8. The number of aromatic nitrogens is 1. The molecule has 0 spiro atoms. The Bertz CT molecular complexity index is 522. The number of alkyl halides is 3. The summed E-state index contributed by atoms with van der Waals surface area (Å²) in [5.74, 6) is -0.629. The summed E-state index contributed by atoms with van der Waals surface area (Å²) < 4.78 is 43.2. The molecule has 1 aromatic rings. The maximum atomic E-state index is 12.6. The first-order chi connectivity index (χ1) is 9.94. The fourth-order valence-corrected chi connectivity index (χ4v) is 3.27. The molecule has 1 saturated carbocycles. The van der Waals surface area contributed by atoms with Crippen LogP contribution in [0.4, 0.5) is 13.2 Å². The van der Waals surface area contributed by atoms with Gasteiger partial charge in [-0.15, -0.1) is 11.3 Å². The van der Waals surface area contributed by atoms with E-state index in [1.165, 1.54) is 16.7 Å². The molecular formula is C13H15F3N2O2S. The lowest BCUT2D eigenvalue weighted by molar-refractivity contribution is -0.141. The average molecular weight is 320 g/mol. The second-order valence-electron chi connectivity index (χ2n) is 5.35. The lowest BCUT2D eigenvalue weighted by atomic mass is 10.2. The molecule has 0 radical (unpaired) electrons. The highest BCUT2D eigenvalue weighted by Crippen LogP contribution is 2.33. The molecule has 0 bridgehead atoms. The van der Waals surface area contributed by atoms with Crippen LogP contribution in [0, 0.1) is 0 Å². The van der Waals surface area contributed by atoms with Gasteiger partial charge in [0.25, 0.3) is 5.91 Å². The molecule has 2 fully saturated rings. The Labute approximate surface area is 123 Å². The minimum absolute atomic E-state index is 0.0987. The van der Waals surface area contributed by atoms with Gasteiger partial charge in [0, 0.05) is 18.0 Å². The van der Waals surface area contributed by atoms with Crippen molar-refractivity contribution in [3.05, 3.63) is 16.1 Å². The van der Waals surface area contributed by atoms with Crippen molar-refractivity contribution in [2.24, 2.45) is 0 Å². The van der Waals surface area contributed by atoms with Gasteiger partial charge in [0.15, 0.2) is 0 Å². The first-order valence-corrected chi connectivity index (χ1v) is 7.77. The molecule has 2 heterocycles. The van der Waals surface area contributed by atoms with Gasteiger partial charge in [0.1, 0.15) is 23.4 Å². The predicted molar refractivity (Wildman–Crippen MR) is 70.2 cm³/mol. The van der Waals surface area contributed by atoms with Crippen LogP contribution in [0.15, 0.2) is 5.38 Å². The van der Waals surface area contributed by atoms with Crippen molar-refractivity contribution < 1.29 is 22.7 Å². The van der Waals surface area contributed by atoms with E-state index in [1.54, 1.807) is 0 Å². The second kappa shape index (κ2) is 5.57. The van der Waals surface area contributed by atoms with Crippen LogP contribution in [-0.4, -0.2) is 41.2 Å². The smallest absolute Gasteiger partial charge is 0.371 e. The fraction of sp³-hybridized carbons (Fsp3) is 0.692. The minimum Gasteiger partial charge on any atom is -0.371 e. The van der Waals surface area contributed by atoms with Crippen LogP contribution in [0.2, 0.25) is 0 Å². The van der Waals surface area contributed by atoms with Gasteiger partial charge in [-0.05, 0) is 25.7 Å². The summed E-state index contributed by atoms with van der Waals surface area (Å²) in [5.41, 5.74) is 0.0987. The van der Waals surface area contributed by atoms with Gasteiger partial charge in [-0.2, -0.15) is 13.2 Å². The van der Waals surface area contributed by atoms with E-state index in [0.717, 1.165) is 17.7 Å². The van der Waals surface area contributed by atoms with Gasteiger partial charge < -0.3 is 9.64 Å². The molecular weight excluding hydrogens is 305 g/mol. The maximum absolute atomic E-state index is 12.6. The van der Waals surface area contributed by atoms with Crippen LogP contribution < -0.4 is 0 Å². The maximum Gasteiger partial charge on any atom is 0.406 e. The van der Waals surface area contributed by atoms with Crippen LogP contribution in [0.3, 0.4) is 0 Å². The summed E-state index contributed by atoms with van der Waals surface area (Å²) in [5, 5.41) is 2.21. The fourth-order valence-electron chi connectivity index (χ4n) is 2.40. The van der Waals surface area contributed by atoms with Crippen molar-refractivity contribution in [3.63, 3.8) is 0 Å². The molecule has 2 aliphatic rings. The normalized spacial score (nSPS) is 22.5. The number of carbonyl (C=O) groups is 1. The number of amides is 1. The molecule has 1 amide bonds. The quantitative estimate of drug-likeness (QED) is 0.856. The largest absolute Gasteiger partial charge is 0.406 e. The Balaban J connectivity index is 1.73. The number of hydrogen-bond acceptors (Lipinski definition) is 4. The Kier molecular flexibility index (Phi) is 3.92. The topological polar surface area (TPSA) is 42.4 Å². The molecule has 0 aromatic carbocycles. The summed E-state index contributed by atoms with van der Waals surface area (Å²) in [4.78, 5) is 17.3. The monoisotopic (exact) mass is 320 g/mol. The third-order valence-corrected chi connectivity index (χ3v) is 4.48. The molecule has 116 valence electrons. The Morgan fingerprint density at radius 3 is 2.76 bits per heavy atom. The zero-order chi connectivity index (χ0) is 15.0. The van der Waals surface area contributed by atoms with Gasteiger partial charge in [-0.1, -0.05) is 0 Å². The standard InChI is InChI=1S/C13H15F3N2O2S/c14-13(15,16)7-18(8-3-4-8)12(19)9-6-21-11(17-9)10-2-1-5-20-10/h6,8,10H,1-5,7H2. The number of nitrogens with zero attached hydrogens (tertiary/aromatic N) is 2. The van der Waals surface area contributed by atoms with Gasteiger partial charge in [0.05, 0.1) is 0 Å². The SMILES string of the molecule is O=C(c1csc(C2CCCO2)n1)N(CC(F)(F)F)C1CC1. The van der Waals surface area contributed by atoms with E-state index >= 15 is 0 Å². The van der Waals surface area contributed by atoms with Crippen molar-refractivity contribution in [3.8, 4) is 0 Å². The first-order valence-electron chi connectivity index (χ1n) is 6.89. The molecule has 4 nitrogen and oxygen atoms in total. The molecule has 0 N–H and O–H groups in total. The van der Waals surface area contributed by atoms with Gasteiger partial charge in [-0.25, -0.2) is 4.98 Å². The highest BCUT2D eigenvalue weighted by atomic mass is 32.1. The summed E-state index contributed by atoms with van der Waals surface area (Å²) in [7, 11) is 0. The zero-order valence-corrected chi connectivity index (χ0v) is 12.0. The van der Waals surface area contributed by atoms with Gasteiger partial charge >= 0.3 is 6.18 Å². The molecule has 1 atom stereocenters. The average Bonchev–Trinajstić information content (AvgIpc) is 2.92. The van der Waals surface area contributed by atoms with E-state index < -0.39 is 18.6 Å². The number of ether oxygens (including phenoxy) is 1. The highest BCUT2D eigenvalue weighted by molar-refractivity contribution is 7.09. The third kappa shape index (κ3) is 3.55. The van der Waals surface area contributed by atoms with E-state index in [4.69, 9.17) is 4.74 Å². The molecule has 1 saturated heterocycles. The second-order valence-corrected chi connectivity index (χ2v) is 6.24. The number of carbonyl (C=O) groups excluding carboxylic acids is 1. The van der Waals surface area contributed by atoms with Crippen LogP contribution in [0.1, 0.15) is 47.3 Å². The van der Waals surface area contributed by atoms with Crippen molar-refractivity contribution in [1.29, 1.82) is 0 Å². The van der Waals surface area contributed by atoms with E-state index in [0.29, 0.717) is 24.5 Å². The molecule has 1 unspecified atom stereocenters. The Morgan fingerprint density at radius 1 is 1.43 bits per heavy atom. The van der Waals surface area contributed by atoms with Crippen molar-refractivity contribution >= 4 is 17.2 Å². The summed E-state index contributed by atoms with van der Waals surface area (Å²) >= 11 is 1.28. The lowest BCUT2D eigenvalue weighted by Crippen LogP contribution is -2.40. The van der Waals surface area contributed by atoms with E-state index in [9.17, 15) is 18.0 Å². The highest BCUT2D eigenvalue weighted by Gasteiger charge is 2.41. The Morgan fingerprint density at radius 2 is 2.19 bits per heavy atom. The third-order valence-electron chi connectivity index (χ3n) is 3.54. The summed E-state index contributed by atoms with van der Waals surface area (Å²) in [6.45, 7) is -0.543. The number of rotatable bonds is 4. The molecule has 1 aliphatic heterocycles. The van der Waals surface area contributed by atoms with Crippen LogP contribution in [-0.2, 0) is 4.74 Å². The summed E-state index contributed by atoms with van der Waals surface area (Å²) in [6.07, 6.45) is -1.46. The zero-order valence-electron chi connectivity index (χ0n) is 11.2. The van der Waals surface area contributed by atoms with Gasteiger partial charge in [0.2, 0.25) is 0 Å². The Hall–Kier alpha value is -1.15. The molecule has 3 rings (SSSR count). The van der Waals surface area contributed by atoms with Gasteiger partial charge in [-0.3, -0.25) is 4.79 Å². The van der Waals surface area contributed by atoms with Crippen molar-refractivity contribution in [1.82, 2.24) is 9.88 Å². The van der Waals surface area contributed by atoms with Crippen LogP contribution in [0.5, 0.6) is 0 Å². The van der Waals surface area contributed by atoms with E-state index in [-0.39, 0.29) is 17.8 Å². The molecule has 8 heteroatoms. The minimum atomic E-state index is -4.38. The number of hydrogen-bond donors (Lipinski definition) is 0. The van der Waals surface area contributed by atoms with Crippen LogP contribution >= 0.6 is 11.3 Å². The number of halogens is 3. The molecule has 1 aromatic heterocycles. The summed E-state index contributed by atoms with van der Waals surface area (Å²) in [6, 6.07) is -0.299. The van der Waals surface area contributed by atoms with Crippen molar-refractivity contribution in [2.75, 3.05) is 13.2 Å². The molecule has 21 heavy (non-hydrogen) atoms. The predicted octanol–water partition coefficient (Wildman–Crippen LogP) is 3.16. The van der Waals surface area contributed by atoms with Crippen molar-refractivity contribution in [2.45, 2.75) is 44.0 Å². The number of thiazole rings is 1.